The molecule has 168 valence electrons. The van der Waals surface area contributed by atoms with Gasteiger partial charge in [-0.15, -0.1) is 0 Å². The first-order valence-electron chi connectivity index (χ1n) is 9.78. The van der Waals surface area contributed by atoms with E-state index >= 15 is 0 Å². The van der Waals surface area contributed by atoms with Crippen LogP contribution in [0, 0.1) is 5.82 Å². The molecule has 0 aliphatic carbocycles. The Hall–Kier alpha value is -3.70. The lowest BCUT2D eigenvalue weighted by Gasteiger charge is -2.17. The number of para-hydroxylation sites is 1. The quantitative estimate of drug-likeness (QED) is 0.438. The maximum Gasteiger partial charge on any atom is 0.262 e. The van der Waals surface area contributed by atoms with Gasteiger partial charge in [0.25, 0.3) is 15.9 Å². The minimum Gasteiger partial charge on any atom is -0.486 e. The van der Waals surface area contributed by atoms with Gasteiger partial charge in [-0.05, 0) is 30.3 Å². The molecule has 1 aromatic heterocycles. The number of benzene rings is 3. The highest BCUT2D eigenvalue weighted by atomic mass is 32.2. The Balaban J connectivity index is 1.37. The summed E-state index contributed by atoms with van der Waals surface area (Å²) >= 11 is 1.26. The van der Waals surface area contributed by atoms with Crippen molar-refractivity contribution in [2.24, 2.45) is 0 Å². The molecule has 4 aromatic rings. The fourth-order valence-corrected chi connectivity index (χ4v) is 5.22. The van der Waals surface area contributed by atoms with Crippen molar-refractivity contribution >= 4 is 48.3 Å². The lowest BCUT2D eigenvalue weighted by atomic mass is 10.2. The Morgan fingerprint density at radius 1 is 1.00 bits per heavy atom. The molecule has 1 amide bonds. The Bertz CT molecular complexity index is 1440. The standard InChI is InChI=1S/C22H16FN3O5S2/c23-15-6-1-2-7-16(15)26-33(28,29)14-5-3-4-13(10-14)21(27)25-22-24-17-11-18-19(12-20(17)32-22)31-9-8-30-18/h1-7,10-12,26H,8-9H2,(H,24,25,27). The van der Waals surface area contributed by atoms with Crippen molar-refractivity contribution in [1.82, 2.24) is 4.98 Å². The number of carbonyl (C=O) groups excluding carboxylic acids is 1. The summed E-state index contributed by atoms with van der Waals surface area (Å²) in [6.45, 7) is 0.920. The van der Waals surface area contributed by atoms with Gasteiger partial charge >= 0.3 is 0 Å². The molecule has 11 heteroatoms. The first kappa shape index (κ1) is 21.2. The van der Waals surface area contributed by atoms with Crippen LogP contribution in [0.25, 0.3) is 10.2 Å². The highest BCUT2D eigenvalue weighted by Crippen LogP contribution is 2.38. The van der Waals surface area contributed by atoms with Gasteiger partial charge in [0.1, 0.15) is 19.0 Å². The molecular formula is C22H16FN3O5S2. The van der Waals surface area contributed by atoms with Crippen molar-refractivity contribution in [2.45, 2.75) is 4.90 Å². The summed E-state index contributed by atoms with van der Waals surface area (Å²) in [6.07, 6.45) is 0. The third-order valence-electron chi connectivity index (χ3n) is 4.80. The highest BCUT2D eigenvalue weighted by molar-refractivity contribution is 7.92. The summed E-state index contributed by atoms with van der Waals surface area (Å²) in [5.74, 6) is -0.0229. The minimum atomic E-state index is -4.11. The molecule has 3 aromatic carbocycles. The van der Waals surface area contributed by atoms with E-state index < -0.39 is 21.7 Å². The molecule has 0 fully saturated rings. The molecule has 1 aliphatic heterocycles. The van der Waals surface area contributed by atoms with E-state index in [2.05, 4.69) is 15.0 Å². The fraction of sp³-hybridized carbons (Fsp3) is 0.0909. The molecule has 0 unspecified atom stereocenters. The summed E-state index contributed by atoms with van der Waals surface area (Å²) in [7, 11) is -4.11. The Kier molecular flexibility index (Phi) is 5.35. The third kappa shape index (κ3) is 4.32. The van der Waals surface area contributed by atoms with Crippen molar-refractivity contribution in [3.63, 3.8) is 0 Å². The number of aromatic nitrogens is 1. The zero-order valence-corrected chi connectivity index (χ0v) is 18.5. The highest BCUT2D eigenvalue weighted by Gasteiger charge is 2.20. The number of hydrogen-bond donors (Lipinski definition) is 2. The molecule has 2 heterocycles. The van der Waals surface area contributed by atoms with Crippen LogP contribution in [-0.4, -0.2) is 32.5 Å². The molecule has 0 atom stereocenters. The molecule has 1 aliphatic rings. The van der Waals surface area contributed by atoms with Gasteiger partial charge in [0.15, 0.2) is 16.6 Å². The predicted molar refractivity (Wildman–Crippen MR) is 122 cm³/mol. The first-order chi connectivity index (χ1) is 15.9. The summed E-state index contributed by atoms with van der Waals surface area (Å²) in [4.78, 5) is 17.0. The van der Waals surface area contributed by atoms with Crippen molar-refractivity contribution in [1.29, 1.82) is 0 Å². The van der Waals surface area contributed by atoms with Crippen LogP contribution in [-0.2, 0) is 10.0 Å². The van der Waals surface area contributed by atoms with Crippen LogP contribution in [0.3, 0.4) is 0 Å². The molecule has 0 radical (unpaired) electrons. The van der Waals surface area contributed by atoms with Gasteiger partial charge in [-0.1, -0.05) is 29.5 Å². The van der Waals surface area contributed by atoms with E-state index in [9.17, 15) is 17.6 Å². The Morgan fingerprint density at radius 2 is 1.76 bits per heavy atom. The Morgan fingerprint density at radius 3 is 2.55 bits per heavy atom. The number of fused-ring (bicyclic) bond motifs is 2. The van der Waals surface area contributed by atoms with Crippen molar-refractivity contribution in [2.75, 3.05) is 23.3 Å². The molecule has 0 saturated heterocycles. The number of halogens is 1. The molecule has 33 heavy (non-hydrogen) atoms. The van der Waals surface area contributed by atoms with E-state index in [0.29, 0.717) is 35.4 Å². The summed E-state index contributed by atoms with van der Waals surface area (Å²) in [5, 5.41) is 3.03. The smallest absolute Gasteiger partial charge is 0.262 e. The predicted octanol–water partition coefficient (Wildman–Crippen LogP) is 4.26. The number of hydrogen-bond acceptors (Lipinski definition) is 7. The Labute approximate surface area is 192 Å². The first-order valence-corrected chi connectivity index (χ1v) is 12.1. The van der Waals surface area contributed by atoms with Crippen LogP contribution in [0.4, 0.5) is 15.2 Å². The molecular weight excluding hydrogens is 469 g/mol. The van der Waals surface area contributed by atoms with Gasteiger partial charge in [-0.3, -0.25) is 14.8 Å². The van der Waals surface area contributed by atoms with E-state index in [0.717, 1.165) is 10.8 Å². The van der Waals surface area contributed by atoms with Crippen molar-refractivity contribution in [3.05, 3.63) is 72.0 Å². The van der Waals surface area contributed by atoms with E-state index in [1.165, 1.54) is 53.8 Å². The molecule has 0 bridgehead atoms. The number of carbonyl (C=O) groups is 1. The van der Waals surface area contributed by atoms with E-state index in [-0.39, 0.29) is 16.1 Å². The number of ether oxygens (including phenoxy) is 2. The molecule has 0 spiro atoms. The number of anilines is 2. The number of sulfonamides is 1. The van der Waals surface area contributed by atoms with Crippen LogP contribution >= 0.6 is 11.3 Å². The average molecular weight is 486 g/mol. The van der Waals surface area contributed by atoms with Crippen molar-refractivity contribution < 1.29 is 27.1 Å². The van der Waals surface area contributed by atoms with Gasteiger partial charge in [0, 0.05) is 17.7 Å². The second-order valence-corrected chi connectivity index (χ2v) is 9.76. The number of rotatable bonds is 5. The van der Waals surface area contributed by atoms with Crippen LogP contribution < -0.4 is 19.5 Å². The zero-order chi connectivity index (χ0) is 23.0. The molecule has 0 saturated carbocycles. The number of amides is 1. The van der Waals surface area contributed by atoms with Crippen LogP contribution in [0.2, 0.25) is 0 Å². The van der Waals surface area contributed by atoms with Gasteiger partial charge in [-0.25, -0.2) is 17.8 Å². The summed E-state index contributed by atoms with van der Waals surface area (Å²) < 4.78 is 53.4. The van der Waals surface area contributed by atoms with E-state index in [1.54, 1.807) is 12.1 Å². The molecule has 8 nitrogen and oxygen atoms in total. The number of thiazole rings is 1. The largest absolute Gasteiger partial charge is 0.486 e. The maximum absolute atomic E-state index is 13.9. The van der Waals surface area contributed by atoms with Crippen LogP contribution in [0.1, 0.15) is 10.4 Å². The van der Waals surface area contributed by atoms with E-state index in [4.69, 9.17) is 9.47 Å². The normalized spacial score (nSPS) is 13.0. The van der Waals surface area contributed by atoms with Crippen molar-refractivity contribution in [3.8, 4) is 11.5 Å². The summed E-state index contributed by atoms with van der Waals surface area (Å²) in [6, 6.07) is 14.4. The number of nitrogens with zero attached hydrogens (tertiary/aromatic N) is 1. The monoisotopic (exact) mass is 485 g/mol. The van der Waals surface area contributed by atoms with Gasteiger partial charge in [-0.2, -0.15) is 0 Å². The van der Waals surface area contributed by atoms with E-state index in [1.807, 2.05) is 0 Å². The zero-order valence-electron chi connectivity index (χ0n) is 16.9. The molecule has 2 N–H and O–H groups in total. The lowest BCUT2D eigenvalue weighted by Crippen LogP contribution is -2.16. The fourth-order valence-electron chi connectivity index (χ4n) is 3.24. The topological polar surface area (TPSA) is 107 Å². The number of nitrogens with one attached hydrogen (secondary N) is 2. The second kappa shape index (κ2) is 8.34. The van der Waals surface area contributed by atoms with Gasteiger partial charge in [0.2, 0.25) is 0 Å². The second-order valence-electron chi connectivity index (χ2n) is 7.05. The van der Waals surface area contributed by atoms with Gasteiger partial charge in [0.05, 0.1) is 20.8 Å². The average Bonchev–Trinajstić information content (AvgIpc) is 3.19. The third-order valence-corrected chi connectivity index (χ3v) is 7.09. The maximum atomic E-state index is 13.9. The van der Waals surface area contributed by atoms with Crippen LogP contribution in [0.5, 0.6) is 11.5 Å². The van der Waals surface area contributed by atoms with Gasteiger partial charge < -0.3 is 9.47 Å². The molecule has 5 rings (SSSR count). The minimum absolute atomic E-state index is 0.108. The van der Waals surface area contributed by atoms with Crippen LogP contribution in [0.15, 0.2) is 65.6 Å². The lowest BCUT2D eigenvalue weighted by molar-refractivity contribution is 0.102. The SMILES string of the molecule is O=C(Nc1nc2cc3c(cc2s1)OCCO3)c1cccc(S(=O)(=O)Nc2ccccc2F)c1. The summed E-state index contributed by atoms with van der Waals surface area (Å²) in [5.41, 5.74) is 0.569.